The highest BCUT2D eigenvalue weighted by molar-refractivity contribution is 6.17. The van der Waals surface area contributed by atoms with Crippen molar-refractivity contribution in [1.82, 2.24) is 4.57 Å². The van der Waals surface area contributed by atoms with Gasteiger partial charge in [-0.2, -0.15) is 0 Å². The highest BCUT2D eigenvalue weighted by atomic mass is 16.1. The summed E-state index contributed by atoms with van der Waals surface area (Å²) in [5, 5.41) is 4.52. The maximum absolute atomic E-state index is 12.0. The predicted octanol–water partition coefficient (Wildman–Crippen LogP) is 4.01. The number of amides is 2. The molecule has 139 valence electrons. The molecule has 4 rings (SSSR count). The Hall–Kier alpha value is -3.60. The third kappa shape index (κ3) is 3.11. The zero-order valence-electron chi connectivity index (χ0n) is 15.7. The van der Waals surface area contributed by atoms with Gasteiger partial charge in [0.05, 0.1) is 11.0 Å². The van der Waals surface area contributed by atoms with Gasteiger partial charge >= 0.3 is 0 Å². The Bertz CT molecular complexity index is 1240. The Labute approximate surface area is 162 Å². The van der Waals surface area contributed by atoms with Crippen LogP contribution in [0.4, 0.5) is 5.69 Å². The monoisotopic (exact) mass is 370 g/mol. The number of nitrogens with two attached hydrogens (primary N) is 1. The Morgan fingerprint density at radius 3 is 2.64 bits per heavy atom. The van der Waals surface area contributed by atoms with E-state index in [-0.39, 0.29) is 5.91 Å². The molecule has 3 N–H and O–H groups in total. The van der Waals surface area contributed by atoms with E-state index in [2.05, 4.69) is 22.0 Å². The molecule has 0 bridgehead atoms. The van der Waals surface area contributed by atoms with E-state index in [1.807, 2.05) is 49.4 Å². The SMILES string of the molecule is CC(=O)Nc1cccc(Cn2c3cc(C)c[c]c3c3c(C(N)=O)cccc32)c1. The summed E-state index contributed by atoms with van der Waals surface area (Å²) < 4.78 is 2.16. The van der Waals surface area contributed by atoms with Crippen LogP contribution in [0, 0.1) is 13.0 Å². The number of primary amides is 1. The van der Waals surface area contributed by atoms with Gasteiger partial charge in [-0.3, -0.25) is 9.59 Å². The van der Waals surface area contributed by atoms with Crippen molar-refractivity contribution in [3.8, 4) is 0 Å². The lowest BCUT2D eigenvalue weighted by Crippen LogP contribution is -2.11. The molecule has 3 aromatic carbocycles. The highest BCUT2D eigenvalue weighted by Crippen LogP contribution is 2.32. The molecule has 0 fully saturated rings. The number of aromatic nitrogens is 1. The standard InChI is InChI=1S/C23H20N3O2/c1-14-9-10-18-21(11-14)26(20-8-4-7-19(22(18)20)23(24)28)13-16-5-3-6-17(12-16)25-15(2)27/h3-9,11-12H,13H2,1-2H3,(H2,24,28)(H,25,27). The second kappa shape index (κ2) is 6.85. The minimum atomic E-state index is -0.453. The zero-order valence-corrected chi connectivity index (χ0v) is 15.7. The van der Waals surface area contributed by atoms with Crippen LogP contribution in [0.1, 0.15) is 28.4 Å². The normalized spacial score (nSPS) is 11.1. The fourth-order valence-corrected chi connectivity index (χ4v) is 3.67. The fourth-order valence-electron chi connectivity index (χ4n) is 3.67. The third-order valence-electron chi connectivity index (χ3n) is 4.79. The molecule has 1 aromatic heterocycles. The Morgan fingerprint density at radius 2 is 1.89 bits per heavy atom. The number of fused-ring (bicyclic) bond motifs is 3. The Morgan fingerprint density at radius 1 is 1.11 bits per heavy atom. The van der Waals surface area contributed by atoms with Crippen molar-refractivity contribution >= 4 is 39.3 Å². The number of carbonyl (C=O) groups is 2. The van der Waals surface area contributed by atoms with Gasteiger partial charge in [0.1, 0.15) is 0 Å². The second-order valence-corrected chi connectivity index (χ2v) is 6.97. The Balaban J connectivity index is 1.93. The van der Waals surface area contributed by atoms with Crippen LogP contribution in [0.3, 0.4) is 0 Å². The lowest BCUT2D eigenvalue weighted by atomic mass is 10.1. The van der Waals surface area contributed by atoms with E-state index in [9.17, 15) is 9.59 Å². The molecule has 1 radical (unpaired) electrons. The van der Waals surface area contributed by atoms with E-state index in [0.717, 1.165) is 38.6 Å². The summed E-state index contributed by atoms with van der Waals surface area (Å²) in [7, 11) is 0. The molecule has 0 spiro atoms. The zero-order chi connectivity index (χ0) is 19.8. The van der Waals surface area contributed by atoms with Gasteiger partial charge in [0.15, 0.2) is 0 Å². The van der Waals surface area contributed by atoms with E-state index in [1.54, 1.807) is 6.07 Å². The van der Waals surface area contributed by atoms with Crippen LogP contribution in [-0.4, -0.2) is 16.4 Å². The topological polar surface area (TPSA) is 77.1 Å². The first-order chi connectivity index (χ1) is 13.4. The van der Waals surface area contributed by atoms with Crippen LogP contribution in [-0.2, 0) is 11.3 Å². The van der Waals surface area contributed by atoms with Crippen LogP contribution in [0.5, 0.6) is 0 Å². The lowest BCUT2D eigenvalue weighted by Gasteiger charge is -2.10. The van der Waals surface area contributed by atoms with Crippen LogP contribution in [0.25, 0.3) is 21.8 Å². The van der Waals surface area contributed by atoms with Crippen molar-refractivity contribution in [3.05, 3.63) is 77.4 Å². The van der Waals surface area contributed by atoms with Gasteiger partial charge in [-0.05, 0) is 54.4 Å². The average molecular weight is 370 g/mol. The molecule has 4 aromatic rings. The summed E-state index contributed by atoms with van der Waals surface area (Å²) in [6, 6.07) is 20.7. The fraction of sp³-hybridized carbons (Fsp3) is 0.130. The van der Waals surface area contributed by atoms with Gasteiger partial charge in [0.2, 0.25) is 11.8 Å². The quantitative estimate of drug-likeness (QED) is 0.569. The van der Waals surface area contributed by atoms with Gasteiger partial charge in [-0.15, -0.1) is 0 Å². The summed E-state index contributed by atoms with van der Waals surface area (Å²) in [5.74, 6) is -0.559. The number of aryl methyl sites for hydroxylation is 1. The predicted molar refractivity (Wildman–Crippen MR) is 111 cm³/mol. The highest BCUT2D eigenvalue weighted by Gasteiger charge is 2.17. The van der Waals surface area contributed by atoms with Crippen molar-refractivity contribution in [3.63, 3.8) is 0 Å². The second-order valence-electron chi connectivity index (χ2n) is 6.97. The van der Waals surface area contributed by atoms with Gasteiger partial charge in [0, 0.05) is 35.5 Å². The van der Waals surface area contributed by atoms with Gasteiger partial charge < -0.3 is 15.6 Å². The van der Waals surface area contributed by atoms with E-state index < -0.39 is 5.91 Å². The molecule has 0 atom stereocenters. The Kier molecular flexibility index (Phi) is 4.35. The molecule has 1 heterocycles. The molecule has 2 amide bonds. The summed E-state index contributed by atoms with van der Waals surface area (Å²) in [6.45, 7) is 4.10. The van der Waals surface area contributed by atoms with Crippen LogP contribution in [0.15, 0.2) is 54.6 Å². The number of hydrogen-bond acceptors (Lipinski definition) is 2. The number of nitrogens with zero attached hydrogens (tertiary/aromatic N) is 1. The van der Waals surface area contributed by atoms with Crippen molar-refractivity contribution < 1.29 is 9.59 Å². The molecule has 0 saturated heterocycles. The number of carbonyl (C=O) groups excluding carboxylic acids is 2. The molecule has 0 unspecified atom stereocenters. The van der Waals surface area contributed by atoms with Crippen molar-refractivity contribution in [2.75, 3.05) is 5.32 Å². The minimum Gasteiger partial charge on any atom is -0.366 e. The van der Waals surface area contributed by atoms with E-state index in [0.29, 0.717) is 12.1 Å². The first kappa shape index (κ1) is 17.8. The molecular formula is C23H20N3O2. The molecule has 5 nitrogen and oxygen atoms in total. The van der Waals surface area contributed by atoms with E-state index in [1.165, 1.54) is 6.92 Å². The van der Waals surface area contributed by atoms with Gasteiger partial charge in [0.25, 0.3) is 0 Å². The van der Waals surface area contributed by atoms with Crippen LogP contribution in [0.2, 0.25) is 0 Å². The van der Waals surface area contributed by atoms with E-state index >= 15 is 0 Å². The number of rotatable bonds is 4. The first-order valence-corrected chi connectivity index (χ1v) is 9.03. The average Bonchev–Trinajstić information content (AvgIpc) is 2.94. The van der Waals surface area contributed by atoms with Gasteiger partial charge in [-0.1, -0.05) is 24.3 Å². The summed E-state index contributed by atoms with van der Waals surface area (Å²) >= 11 is 0. The van der Waals surface area contributed by atoms with E-state index in [4.69, 9.17) is 5.73 Å². The third-order valence-corrected chi connectivity index (χ3v) is 4.79. The maximum Gasteiger partial charge on any atom is 0.249 e. The smallest absolute Gasteiger partial charge is 0.249 e. The van der Waals surface area contributed by atoms with Crippen molar-refractivity contribution in [2.45, 2.75) is 20.4 Å². The maximum atomic E-state index is 12.0. The molecule has 0 aliphatic rings. The number of nitrogens with one attached hydrogen (secondary N) is 1. The molecule has 5 heteroatoms. The largest absolute Gasteiger partial charge is 0.366 e. The molecular weight excluding hydrogens is 350 g/mol. The summed E-state index contributed by atoms with van der Waals surface area (Å²) in [5.41, 5.74) is 10.9. The molecule has 0 saturated carbocycles. The lowest BCUT2D eigenvalue weighted by molar-refractivity contribution is -0.114. The van der Waals surface area contributed by atoms with Crippen LogP contribution >= 0.6 is 0 Å². The number of anilines is 1. The molecule has 0 aliphatic heterocycles. The number of benzene rings is 3. The number of hydrogen-bond donors (Lipinski definition) is 2. The summed E-state index contributed by atoms with van der Waals surface area (Å²) in [6.07, 6.45) is 0. The molecule has 28 heavy (non-hydrogen) atoms. The molecule has 0 aliphatic carbocycles. The summed E-state index contributed by atoms with van der Waals surface area (Å²) in [4.78, 5) is 23.4. The van der Waals surface area contributed by atoms with Crippen LogP contribution < -0.4 is 11.1 Å². The van der Waals surface area contributed by atoms with Crippen molar-refractivity contribution in [1.29, 1.82) is 0 Å². The minimum absolute atomic E-state index is 0.106. The first-order valence-electron chi connectivity index (χ1n) is 9.03. The van der Waals surface area contributed by atoms with Gasteiger partial charge in [-0.25, -0.2) is 0 Å². The van der Waals surface area contributed by atoms with Crippen molar-refractivity contribution in [2.24, 2.45) is 5.73 Å².